The first-order valence-corrected chi connectivity index (χ1v) is 11.1. The van der Waals surface area contributed by atoms with Crippen molar-refractivity contribution in [3.8, 4) is 0 Å². The van der Waals surface area contributed by atoms with Crippen molar-refractivity contribution in [1.29, 1.82) is 0 Å². The van der Waals surface area contributed by atoms with E-state index in [-0.39, 0.29) is 19.4 Å². The molecule has 1 aliphatic heterocycles. The molecule has 9 N–H and O–H groups in total. The monoisotopic (exact) mass is 514 g/mol. The SMILES string of the molecule is CC(NC(=O)C(CC(N)=O)NC(=O)OC(C)(C)C)C(=O)C1(C(=O)O)CCCN1C(=O)C(N)CC(N)=O. The number of alkyl carbamates (subject to hydrolysis) is 1. The first kappa shape index (κ1) is 30.3. The number of rotatable bonds is 11. The van der Waals surface area contributed by atoms with Crippen LogP contribution < -0.4 is 27.8 Å². The highest BCUT2D eigenvalue weighted by Gasteiger charge is 2.57. The van der Waals surface area contributed by atoms with E-state index in [9.17, 15) is 38.7 Å². The molecule has 0 spiro atoms. The maximum absolute atomic E-state index is 13.3. The average Bonchev–Trinajstić information content (AvgIpc) is 3.15. The number of carbonyl (C=O) groups excluding carboxylic acids is 6. The van der Waals surface area contributed by atoms with E-state index in [0.29, 0.717) is 0 Å². The van der Waals surface area contributed by atoms with Gasteiger partial charge in [0, 0.05) is 6.54 Å². The molecule has 1 rings (SSSR count). The standard InChI is InChI=1S/C21H34N6O9/c1-10(25-16(31)12(9-14(24)29)26-19(35)36-20(2,3)4)15(30)21(18(33)34)6-5-7-27(21)17(32)11(22)8-13(23)28/h10-12H,5-9,22H2,1-4H3,(H2,23,28)(H2,24,29)(H,25,31)(H,26,35)(H,33,34). The van der Waals surface area contributed by atoms with Crippen LogP contribution in [-0.2, 0) is 33.5 Å². The van der Waals surface area contributed by atoms with Crippen molar-refractivity contribution in [1.82, 2.24) is 15.5 Å². The Balaban J connectivity index is 3.14. The lowest BCUT2D eigenvalue weighted by molar-refractivity contribution is -0.163. The van der Waals surface area contributed by atoms with Crippen LogP contribution in [0.2, 0.25) is 0 Å². The average molecular weight is 515 g/mol. The molecule has 4 unspecified atom stereocenters. The normalized spacial score (nSPS) is 20.0. The molecule has 15 heteroatoms. The van der Waals surface area contributed by atoms with Crippen molar-refractivity contribution in [2.75, 3.05) is 6.54 Å². The molecular weight excluding hydrogens is 480 g/mol. The number of carboxylic acid groups (broad SMARTS) is 1. The van der Waals surface area contributed by atoms with Gasteiger partial charge < -0.3 is 42.6 Å². The molecule has 0 aliphatic carbocycles. The van der Waals surface area contributed by atoms with E-state index in [1.165, 1.54) is 6.92 Å². The minimum Gasteiger partial charge on any atom is -0.479 e. The van der Waals surface area contributed by atoms with Crippen molar-refractivity contribution in [3.05, 3.63) is 0 Å². The van der Waals surface area contributed by atoms with E-state index < -0.39 is 83.6 Å². The molecule has 1 aliphatic rings. The van der Waals surface area contributed by atoms with Gasteiger partial charge in [0.15, 0.2) is 5.78 Å². The van der Waals surface area contributed by atoms with E-state index in [4.69, 9.17) is 21.9 Å². The van der Waals surface area contributed by atoms with Crippen LogP contribution in [0.25, 0.3) is 0 Å². The molecule has 1 fully saturated rings. The van der Waals surface area contributed by atoms with Crippen LogP contribution in [0.15, 0.2) is 0 Å². The number of carboxylic acids is 1. The van der Waals surface area contributed by atoms with Gasteiger partial charge in [-0.3, -0.25) is 24.0 Å². The smallest absolute Gasteiger partial charge is 0.408 e. The third-order valence-electron chi connectivity index (χ3n) is 5.31. The molecule has 5 amide bonds. The Bertz CT molecular complexity index is 931. The third-order valence-corrected chi connectivity index (χ3v) is 5.31. The molecule has 202 valence electrons. The molecule has 0 aromatic carbocycles. The molecule has 0 radical (unpaired) electrons. The summed E-state index contributed by atoms with van der Waals surface area (Å²) in [4.78, 5) is 86.6. The van der Waals surface area contributed by atoms with Crippen molar-refractivity contribution in [2.24, 2.45) is 17.2 Å². The highest BCUT2D eigenvalue weighted by atomic mass is 16.6. The molecular formula is C21H34N6O9. The number of carbonyl (C=O) groups is 7. The van der Waals surface area contributed by atoms with Gasteiger partial charge in [0.1, 0.15) is 11.6 Å². The summed E-state index contributed by atoms with van der Waals surface area (Å²) in [7, 11) is 0. The molecule has 1 saturated heterocycles. The Morgan fingerprint density at radius 3 is 2.06 bits per heavy atom. The van der Waals surface area contributed by atoms with Crippen LogP contribution in [0.4, 0.5) is 4.79 Å². The minimum absolute atomic E-state index is 0.130. The van der Waals surface area contributed by atoms with Crippen molar-refractivity contribution in [3.63, 3.8) is 0 Å². The summed E-state index contributed by atoms with van der Waals surface area (Å²) in [6.07, 6.45) is -2.35. The largest absolute Gasteiger partial charge is 0.479 e. The summed E-state index contributed by atoms with van der Waals surface area (Å²) < 4.78 is 5.06. The number of nitrogens with one attached hydrogen (secondary N) is 2. The van der Waals surface area contributed by atoms with Crippen molar-refractivity contribution < 1.29 is 43.4 Å². The minimum atomic E-state index is -2.36. The highest BCUT2D eigenvalue weighted by molar-refractivity contribution is 6.14. The highest BCUT2D eigenvalue weighted by Crippen LogP contribution is 2.32. The maximum atomic E-state index is 13.3. The zero-order valence-corrected chi connectivity index (χ0v) is 20.7. The van der Waals surface area contributed by atoms with Crippen LogP contribution in [0, 0.1) is 0 Å². The fourth-order valence-corrected chi connectivity index (χ4v) is 3.80. The summed E-state index contributed by atoms with van der Waals surface area (Å²) >= 11 is 0. The molecule has 15 nitrogen and oxygen atoms in total. The number of likely N-dealkylation sites (tertiary alicyclic amines) is 1. The summed E-state index contributed by atoms with van der Waals surface area (Å²) in [6.45, 7) is 5.78. The first-order valence-electron chi connectivity index (χ1n) is 11.1. The maximum Gasteiger partial charge on any atom is 0.408 e. The van der Waals surface area contributed by atoms with Crippen molar-refractivity contribution in [2.45, 2.75) is 82.6 Å². The van der Waals surface area contributed by atoms with Crippen LogP contribution in [0.5, 0.6) is 0 Å². The van der Waals surface area contributed by atoms with Gasteiger partial charge in [-0.2, -0.15) is 0 Å². The van der Waals surface area contributed by atoms with E-state index in [1.807, 2.05) is 0 Å². The van der Waals surface area contributed by atoms with Crippen LogP contribution in [0.1, 0.15) is 53.4 Å². The van der Waals surface area contributed by atoms with Crippen molar-refractivity contribution >= 4 is 41.5 Å². The summed E-state index contributed by atoms with van der Waals surface area (Å²) in [5, 5.41) is 14.4. The molecule has 0 aromatic rings. The zero-order chi connectivity index (χ0) is 28.0. The number of ether oxygens (including phenoxy) is 1. The summed E-state index contributed by atoms with van der Waals surface area (Å²) in [5.41, 5.74) is 12.6. The van der Waals surface area contributed by atoms with E-state index in [0.717, 1.165) is 4.90 Å². The van der Waals surface area contributed by atoms with Crippen LogP contribution in [0.3, 0.4) is 0 Å². The van der Waals surface area contributed by atoms with Crippen LogP contribution >= 0.6 is 0 Å². The number of primary amides is 2. The lowest BCUT2D eigenvalue weighted by atomic mass is 9.86. The Kier molecular flexibility index (Phi) is 9.92. The predicted octanol–water partition coefficient (Wildman–Crippen LogP) is -2.52. The fourth-order valence-electron chi connectivity index (χ4n) is 3.80. The Hall–Kier alpha value is -3.75. The number of Topliss-reactive ketones (excluding diaryl/α,β-unsaturated/α-hetero) is 1. The molecule has 1 heterocycles. The quantitative estimate of drug-likeness (QED) is 0.158. The lowest BCUT2D eigenvalue weighted by Gasteiger charge is -2.36. The Morgan fingerprint density at radius 1 is 1.03 bits per heavy atom. The van der Waals surface area contributed by atoms with Gasteiger partial charge in [0.25, 0.3) is 0 Å². The topological polar surface area (TPSA) is 254 Å². The first-order chi connectivity index (χ1) is 16.4. The Labute approximate surface area is 207 Å². The molecule has 0 saturated carbocycles. The van der Waals surface area contributed by atoms with Gasteiger partial charge in [-0.05, 0) is 40.5 Å². The summed E-state index contributed by atoms with van der Waals surface area (Å²) in [5.74, 6) is -6.49. The van der Waals surface area contributed by atoms with E-state index >= 15 is 0 Å². The number of nitrogens with two attached hydrogens (primary N) is 3. The number of nitrogens with zero attached hydrogens (tertiary/aromatic N) is 1. The van der Waals surface area contributed by atoms with Gasteiger partial charge >= 0.3 is 12.1 Å². The number of hydrogen-bond acceptors (Lipinski definition) is 9. The third kappa shape index (κ3) is 7.63. The number of aliphatic carboxylic acids is 1. The fraction of sp³-hybridized carbons (Fsp3) is 0.667. The molecule has 36 heavy (non-hydrogen) atoms. The van der Waals surface area contributed by atoms with Gasteiger partial charge in [0.05, 0.1) is 24.9 Å². The molecule has 4 atom stereocenters. The second kappa shape index (κ2) is 11.8. The summed E-state index contributed by atoms with van der Waals surface area (Å²) in [6, 6.07) is -4.47. The van der Waals surface area contributed by atoms with E-state index in [1.54, 1.807) is 20.8 Å². The van der Waals surface area contributed by atoms with Gasteiger partial charge in [-0.15, -0.1) is 0 Å². The van der Waals surface area contributed by atoms with E-state index in [2.05, 4.69) is 10.6 Å². The second-order valence-electron chi connectivity index (χ2n) is 9.50. The van der Waals surface area contributed by atoms with Gasteiger partial charge in [-0.1, -0.05) is 0 Å². The number of hydrogen-bond donors (Lipinski definition) is 6. The Morgan fingerprint density at radius 2 is 1.58 bits per heavy atom. The lowest BCUT2D eigenvalue weighted by Crippen LogP contribution is -2.65. The van der Waals surface area contributed by atoms with Gasteiger partial charge in [-0.25, -0.2) is 9.59 Å². The predicted molar refractivity (Wildman–Crippen MR) is 123 cm³/mol. The van der Waals surface area contributed by atoms with Gasteiger partial charge in [0.2, 0.25) is 29.2 Å². The second-order valence-corrected chi connectivity index (χ2v) is 9.50. The number of amides is 5. The molecule has 0 bridgehead atoms. The van der Waals surface area contributed by atoms with Crippen LogP contribution in [-0.4, -0.2) is 87.3 Å². The number of ketones is 1. The molecule has 0 aromatic heterocycles. The zero-order valence-electron chi connectivity index (χ0n) is 20.7.